The number of amides is 3. The second-order valence-electron chi connectivity index (χ2n) is 7.22. The first-order chi connectivity index (χ1) is 13.4. The molecule has 0 saturated heterocycles. The van der Waals surface area contributed by atoms with Gasteiger partial charge in [-0.05, 0) is 30.0 Å². The molecule has 1 rings (SSSR count). The highest BCUT2D eigenvalue weighted by atomic mass is 16.3. The van der Waals surface area contributed by atoms with Crippen molar-refractivity contribution in [3.8, 4) is 0 Å². The van der Waals surface area contributed by atoms with E-state index in [-0.39, 0.29) is 36.8 Å². The topological polar surface area (TPSA) is 108 Å². The van der Waals surface area contributed by atoms with Crippen molar-refractivity contribution in [1.29, 1.82) is 0 Å². The number of aliphatic hydroxyl groups excluding tert-OH is 1. The Balaban J connectivity index is 2.45. The van der Waals surface area contributed by atoms with Gasteiger partial charge in [0, 0.05) is 12.1 Å². The Morgan fingerprint density at radius 3 is 2.25 bits per heavy atom. The molecule has 0 aromatic heterocycles. The molecule has 0 radical (unpaired) electrons. The molecule has 0 heterocycles. The maximum atomic E-state index is 12.4. The molecule has 7 nitrogen and oxygen atoms in total. The minimum absolute atomic E-state index is 0.0643. The smallest absolute Gasteiger partial charge is 0.243 e. The van der Waals surface area contributed by atoms with Crippen LogP contribution < -0.4 is 16.0 Å². The average Bonchev–Trinajstić information content (AvgIpc) is 2.68. The molecule has 1 unspecified atom stereocenters. The lowest BCUT2D eigenvalue weighted by atomic mass is 10.0. The molecular weight excluding hydrogens is 358 g/mol. The van der Waals surface area contributed by atoms with Gasteiger partial charge in [0.25, 0.3) is 0 Å². The van der Waals surface area contributed by atoms with Crippen LogP contribution in [0.5, 0.6) is 0 Å². The predicted octanol–water partition coefficient (Wildman–Crippen LogP) is 2.34. The molecule has 1 aromatic rings. The Kier molecular flexibility index (Phi) is 10.9. The van der Waals surface area contributed by atoms with Crippen molar-refractivity contribution in [3.05, 3.63) is 29.8 Å². The molecule has 4 N–H and O–H groups in total. The maximum Gasteiger partial charge on any atom is 0.243 e. The summed E-state index contributed by atoms with van der Waals surface area (Å²) in [6.45, 7) is 5.57. The first-order valence-electron chi connectivity index (χ1n) is 9.94. The second kappa shape index (κ2) is 12.9. The van der Waals surface area contributed by atoms with Gasteiger partial charge in [0.2, 0.25) is 17.7 Å². The largest absolute Gasteiger partial charge is 0.392 e. The van der Waals surface area contributed by atoms with Crippen LogP contribution in [0.3, 0.4) is 0 Å². The van der Waals surface area contributed by atoms with Crippen molar-refractivity contribution in [3.63, 3.8) is 0 Å². The number of anilines is 1. The summed E-state index contributed by atoms with van der Waals surface area (Å²) in [5.74, 6) is -0.965. The van der Waals surface area contributed by atoms with Crippen LogP contribution in [-0.2, 0) is 21.0 Å². The summed E-state index contributed by atoms with van der Waals surface area (Å²) in [5, 5.41) is 17.1. The molecule has 1 aromatic carbocycles. The summed E-state index contributed by atoms with van der Waals surface area (Å²) in [6, 6.07) is 6.11. The van der Waals surface area contributed by atoms with Gasteiger partial charge in [0.15, 0.2) is 0 Å². The molecule has 0 aliphatic rings. The van der Waals surface area contributed by atoms with E-state index in [4.69, 9.17) is 5.11 Å². The number of carbonyl (C=O) groups is 3. The van der Waals surface area contributed by atoms with E-state index < -0.39 is 6.04 Å². The predicted molar refractivity (Wildman–Crippen MR) is 110 cm³/mol. The van der Waals surface area contributed by atoms with Gasteiger partial charge in [-0.2, -0.15) is 0 Å². The maximum absolute atomic E-state index is 12.4. The Morgan fingerprint density at radius 2 is 1.68 bits per heavy atom. The molecule has 156 valence electrons. The summed E-state index contributed by atoms with van der Waals surface area (Å²) in [5.41, 5.74) is 1.33. The molecule has 0 saturated carbocycles. The van der Waals surface area contributed by atoms with E-state index in [9.17, 15) is 14.4 Å². The molecule has 1 atom stereocenters. The third-order valence-corrected chi connectivity index (χ3v) is 4.37. The summed E-state index contributed by atoms with van der Waals surface area (Å²) in [7, 11) is 0. The number of hydrogen-bond donors (Lipinski definition) is 4. The highest BCUT2D eigenvalue weighted by Crippen LogP contribution is 2.09. The fourth-order valence-corrected chi connectivity index (χ4v) is 2.67. The van der Waals surface area contributed by atoms with Crippen LogP contribution in [0.4, 0.5) is 5.69 Å². The lowest BCUT2D eigenvalue weighted by molar-refractivity contribution is -0.130. The molecule has 0 spiro atoms. The van der Waals surface area contributed by atoms with E-state index in [1.807, 2.05) is 13.8 Å². The number of hydrogen-bond acceptors (Lipinski definition) is 4. The molecule has 7 heteroatoms. The number of benzene rings is 1. The molecule has 0 aliphatic heterocycles. The number of unbranched alkanes of at least 4 members (excludes halogenated alkanes) is 3. The van der Waals surface area contributed by atoms with Crippen LogP contribution >= 0.6 is 0 Å². The van der Waals surface area contributed by atoms with Gasteiger partial charge >= 0.3 is 0 Å². The van der Waals surface area contributed by atoms with Crippen LogP contribution in [-0.4, -0.2) is 35.4 Å². The van der Waals surface area contributed by atoms with E-state index in [0.717, 1.165) is 31.2 Å². The van der Waals surface area contributed by atoms with Crippen molar-refractivity contribution in [2.75, 3.05) is 11.9 Å². The lowest BCUT2D eigenvalue weighted by Gasteiger charge is -2.21. The zero-order valence-corrected chi connectivity index (χ0v) is 17.1. The van der Waals surface area contributed by atoms with Crippen LogP contribution in [0.15, 0.2) is 24.3 Å². The Morgan fingerprint density at radius 1 is 1.00 bits per heavy atom. The Labute approximate surface area is 167 Å². The van der Waals surface area contributed by atoms with Crippen molar-refractivity contribution in [2.24, 2.45) is 5.92 Å². The molecule has 3 amide bonds. The fraction of sp³-hybridized carbons (Fsp3) is 0.571. The molecule has 0 fully saturated rings. The SMILES string of the molecule is CCCCCCC(=O)NC(C(=O)NCC(=O)Nc1ccc(CO)cc1)C(C)C. The Hall–Kier alpha value is -2.41. The summed E-state index contributed by atoms with van der Waals surface area (Å²) in [6.07, 6.45) is 4.41. The zero-order valence-electron chi connectivity index (χ0n) is 17.1. The third kappa shape index (κ3) is 8.99. The standard InChI is InChI=1S/C21H33N3O4/c1-4-5-6-7-8-18(26)24-20(15(2)3)21(28)22-13-19(27)23-17-11-9-16(14-25)10-12-17/h9-12,15,20,25H,4-8,13-14H2,1-3H3,(H,22,28)(H,23,27)(H,24,26). The average molecular weight is 392 g/mol. The van der Waals surface area contributed by atoms with Gasteiger partial charge in [-0.3, -0.25) is 14.4 Å². The molecule has 0 aliphatic carbocycles. The second-order valence-corrected chi connectivity index (χ2v) is 7.22. The number of aliphatic hydroxyl groups is 1. The monoisotopic (exact) mass is 391 g/mol. The van der Waals surface area contributed by atoms with Crippen molar-refractivity contribution in [1.82, 2.24) is 10.6 Å². The number of carbonyl (C=O) groups excluding carboxylic acids is 3. The summed E-state index contributed by atoms with van der Waals surface area (Å²) in [4.78, 5) is 36.5. The van der Waals surface area contributed by atoms with E-state index in [1.165, 1.54) is 0 Å². The fourth-order valence-electron chi connectivity index (χ4n) is 2.67. The van der Waals surface area contributed by atoms with Crippen LogP contribution in [0.1, 0.15) is 58.4 Å². The van der Waals surface area contributed by atoms with E-state index in [1.54, 1.807) is 24.3 Å². The number of rotatable bonds is 12. The Bertz CT molecular complexity index is 629. The third-order valence-electron chi connectivity index (χ3n) is 4.37. The lowest BCUT2D eigenvalue weighted by Crippen LogP contribution is -2.51. The van der Waals surface area contributed by atoms with E-state index >= 15 is 0 Å². The van der Waals surface area contributed by atoms with Crippen LogP contribution in [0.2, 0.25) is 0 Å². The van der Waals surface area contributed by atoms with Crippen LogP contribution in [0.25, 0.3) is 0 Å². The highest BCUT2D eigenvalue weighted by molar-refractivity contribution is 5.96. The normalized spacial score (nSPS) is 11.8. The van der Waals surface area contributed by atoms with Crippen LogP contribution in [0, 0.1) is 5.92 Å². The molecular formula is C21H33N3O4. The van der Waals surface area contributed by atoms with Crippen molar-refractivity contribution in [2.45, 2.75) is 65.5 Å². The van der Waals surface area contributed by atoms with Gasteiger partial charge in [-0.15, -0.1) is 0 Å². The van der Waals surface area contributed by atoms with Gasteiger partial charge in [-0.25, -0.2) is 0 Å². The molecule has 28 heavy (non-hydrogen) atoms. The van der Waals surface area contributed by atoms with Crippen molar-refractivity contribution >= 4 is 23.4 Å². The van der Waals surface area contributed by atoms with E-state index in [0.29, 0.717) is 12.1 Å². The van der Waals surface area contributed by atoms with Gasteiger partial charge in [-0.1, -0.05) is 52.2 Å². The van der Waals surface area contributed by atoms with Crippen molar-refractivity contribution < 1.29 is 19.5 Å². The first kappa shape index (κ1) is 23.6. The summed E-state index contributed by atoms with van der Waals surface area (Å²) >= 11 is 0. The number of nitrogens with one attached hydrogen (secondary N) is 3. The zero-order chi connectivity index (χ0) is 20.9. The van der Waals surface area contributed by atoms with Gasteiger partial charge in [0.1, 0.15) is 6.04 Å². The van der Waals surface area contributed by atoms with Gasteiger partial charge in [0.05, 0.1) is 13.2 Å². The minimum Gasteiger partial charge on any atom is -0.392 e. The van der Waals surface area contributed by atoms with Gasteiger partial charge < -0.3 is 21.1 Å². The van der Waals surface area contributed by atoms with E-state index in [2.05, 4.69) is 22.9 Å². The molecule has 0 bridgehead atoms. The summed E-state index contributed by atoms with van der Waals surface area (Å²) < 4.78 is 0. The first-order valence-corrected chi connectivity index (χ1v) is 9.94. The quantitative estimate of drug-likeness (QED) is 0.410. The minimum atomic E-state index is -0.671. The highest BCUT2D eigenvalue weighted by Gasteiger charge is 2.24.